The molecule has 0 bridgehead atoms. The maximum atomic E-state index is 4.90. The molecule has 0 amide bonds. The van der Waals surface area contributed by atoms with Gasteiger partial charge in [0.05, 0.1) is 12.6 Å². The summed E-state index contributed by atoms with van der Waals surface area (Å²) in [5.41, 5.74) is 1.31. The van der Waals surface area contributed by atoms with Crippen molar-refractivity contribution in [3.8, 4) is 0 Å². The minimum atomic E-state index is 0. The van der Waals surface area contributed by atoms with Crippen LogP contribution in [0.3, 0.4) is 0 Å². The summed E-state index contributed by atoms with van der Waals surface area (Å²) in [6.07, 6.45) is 3.63. The van der Waals surface area contributed by atoms with Gasteiger partial charge in [-0.25, -0.2) is 0 Å². The number of likely N-dealkylation sites (tertiary alicyclic amines) is 1. The molecule has 5 nitrogen and oxygen atoms in total. The highest BCUT2D eigenvalue weighted by atomic mass is 127. The Hall–Kier alpha value is -0.860. The van der Waals surface area contributed by atoms with Crippen molar-refractivity contribution < 1.29 is 0 Å². The monoisotopic (exact) mass is 487 g/mol. The van der Waals surface area contributed by atoms with Crippen LogP contribution < -0.4 is 10.6 Å². The molecule has 154 valence electrons. The second kappa shape index (κ2) is 13.3. The average molecular weight is 487 g/mol. The van der Waals surface area contributed by atoms with E-state index in [4.69, 9.17) is 4.99 Å². The molecule has 0 radical (unpaired) electrons. The van der Waals surface area contributed by atoms with E-state index in [0.29, 0.717) is 6.04 Å². The Morgan fingerprint density at radius 1 is 1.19 bits per heavy atom. The van der Waals surface area contributed by atoms with E-state index in [1.807, 2.05) is 0 Å². The first-order chi connectivity index (χ1) is 12.6. The maximum Gasteiger partial charge on any atom is 0.191 e. The van der Waals surface area contributed by atoms with Crippen LogP contribution in [0.5, 0.6) is 0 Å². The zero-order valence-electron chi connectivity index (χ0n) is 17.4. The Morgan fingerprint density at radius 3 is 2.41 bits per heavy atom. The Morgan fingerprint density at radius 2 is 1.85 bits per heavy atom. The fraction of sp³-hybridized carbons (Fsp3) is 0.667. The third kappa shape index (κ3) is 8.35. The Kier molecular flexibility index (Phi) is 11.9. The molecule has 6 heteroatoms. The van der Waals surface area contributed by atoms with Crippen LogP contribution in [0.4, 0.5) is 0 Å². The molecule has 1 fully saturated rings. The van der Waals surface area contributed by atoms with Crippen LogP contribution in [-0.4, -0.2) is 68.6 Å². The van der Waals surface area contributed by atoms with Crippen molar-refractivity contribution in [2.75, 3.05) is 46.8 Å². The smallest absolute Gasteiger partial charge is 0.191 e. The lowest BCUT2D eigenvalue weighted by atomic mass is 10.1. The third-order valence-corrected chi connectivity index (χ3v) is 5.04. The zero-order valence-corrected chi connectivity index (χ0v) is 19.8. The number of benzene rings is 1. The van der Waals surface area contributed by atoms with Crippen LogP contribution in [0, 0.1) is 0 Å². The van der Waals surface area contributed by atoms with E-state index in [9.17, 15) is 0 Å². The molecule has 2 N–H and O–H groups in total. The topological polar surface area (TPSA) is 42.9 Å². The molecule has 1 aromatic carbocycles. The predicted molar refractivity (Wildman–Crippen MR) is 127 cm³/mol. The van der Waals surface area contributed by atoms with Crippen LogP contribution in [0.1, 0.15) is 44.7 Å². The number of nitrogens with one attached hydrogen (secondary N) is 2. The van der Waals surface area contributed by atoms with E-state index < -0.39 is 0 Å². The molecule has 27 heavy (non-hydrogen) atoms. The van der Waals surface area contributed by atoms with Crippen molar-refractivity contribution in [3.05, 3.63) is 35.9 Å². The number of nitrogens with zero attached hydrogens (tertiary/aromatic N) is 3. The zero-order chi connectivity index (χ0) is 18.8. The first-order valence-electron chi connectivity index (χ1n) is 10.1. The number of aliphatic imine (C=N–C) groups is 1. The molecule has 2 rings (SSSR count). The van der Waals surface area contributed by atoms with Gasteiger partial charge in [-0.15, -0.1) is 24.0 Å². The number of guanidine groups is 1. The van der Waals surface area contributed by atoms with E-state index in [0.717, 1.165) is 19.0 Å². The molecule has 1 atom stereocenters. The molecular formula is C21H38IN5. The Labute approximate surface area is 183 Å². The van der Waals surface area contributed by atoms with Crippen molar-refractivity contribution >= 4 is 29.9 Å². The lowest BCUT2D eigenvalue weighted by Gasteiger charge is -2.33. The summed E-state index contributed by atoms with van der Waals surface area (Å²) in [6, 6.07) is 11.4. The van der Waals surface area contributed by atoms with Gasteiger partial charge in [0.2, 0.25) is 0 Å². The molecule has 1 saturated heterocycles. The SMILES string of the molecule is CCCN1CCC(NC(=NCC(c2ccccc2)N(C)C)NCC)CC1.I. The average Bonchev–Trinajstić information content (AvgIpc) is 2.64. The van der Waals surface area contributed by atoms with E-state index in [-0.39, 0.29) is 30.0 Å². The minimum absolute atomic E-state index is 0. The van der Waals surface area contributed by atoms with Gasteiger partial charge in [-0.05, 0) is 52.4 Å². The van der Waals surface area contributed by atoms with Crippen molar-refractivity contribution in [1.29, 1.82) is 0 Å². The van der Waals surface area contributed by atoms with Crippen LogP contribution in [0.2, 0.25) is 0 Å². The number of hydrogen-bond donors (Lipinski definition) is 2. The van der Waals surface area contributed by atoms with Gasteiger partial charge in [0.1, 0.15) is 0 Å². The van der Waals surface area contributed by atoms with Gasteiger partial charge < -0.3 is 20.4 Å². The predicted octanol–water partition coefficient (Wildman–Crippen LogP) is 3.34. The summed E-state index contributed by atoms with van der Waals surface area (Å²) in [5, 5.41) is 7.08. The standard InChI is InChI=1S/C21H37N5.HI/c1-5-14-26-15-12-19(13-16-26)24-21(22-6-2)23-17-20(25(3)4)18-10-8-7-9-11-18;/h7-11,19-20H,5-6,12-17H2,1-4H3,(H2,22,23,24);1H. The van der Waals surface area contributed by atoms with E-state index in [1.165, 1.54) is 44.5 Å². The fourth-order valence-corrected chi connectivity index (χ4v) is 3.55. The second-order valence-electron chi connectivity index (χ2n) is 7.37. The lowest BCUT2D eigenvalue weighted by molar-refractivity contribution is 0.206. The number of hydrogen-bond acceptors (Lipinski definition) is 3. The fourth-order valence-electron chi connectivity index (χ4n) is 3.55. The Balaban J connectivity index is 0.00000364. The van der Waals surface area contributed by atoms with Crippen LogP contribution in [0.25, 0.3) is 0 Å². The molecule has 0 aromatic heterocycles. The van der Waals surface area contributed by atoms with Gasteiger partial charge in [-0.1, -0.05) is 37.3 Å². The van der Waals surface area contributed by atoms with Crippen molar-refractivity contribution in [1.82, 2.24) is 20.4 Å². The van der Waals surface area contributed by atoms with Crippen molar-refractivity contribution in [2.24, 2.45) is 4.99 Å². The molecule has 1 heterocycles. The van der Waals surface area contributed by atoms with E-state index in [1.54, 1.807) is 0 Å². The quantitative estimate of drug-likeness (QED) is 0.336. The molecular weight excluding hydrogens is 449 g/mol. The molecule has 1 aromatic rings. The van der Waals surface area contributed by atoms with Crippen molar-refractivity contribution in [3.63, 3.8) is 0 Å². The lowest BCUT2D eigenvalue weighted by Crippen LogP contribution is -2.49. The van der Waals surface area contributed by atoms with Crippen LogP contribution in [-0.2, 0) is 0 Å². The van der Waals surface area contributed by atoms with Crippen molar-refractivity contribution in [2.45, 2.75) is 45.2 Å². The van der Waals surface area contributed by atoms with Gasteiger partial charge >= 0.3 is 0 Å². The van der Waals surface area contributed by atoms with Gasteiger partial charge in [0.15, 0.2) is 5.96 Å². The first kappa shape index (κ1) is 24.2. The normalized spacial score (nSPS) is 17.4. The summed E-state index contributed by atoms with van der Waals surface area (Å²) in [6.45, 7) is 9.63. The largest absolute Gasteiger partial charge is 0.357 e. The molecule has 0 saturated carbocycles. The van der Waals surface area contributed by atoms with Gasteiger partial charge in [0.25, 0.3) is 0 Å². The highest BCUT2D eigenvalue weighted by molar-refractivity contribution is 14.0. The molecule has 1 unspecified atom stereocenters. The number of piperidine rings is 1. The number of likely N-dealkylation sites (N-methyl/N-ethyl adjacent to an activating group) is 1. The second-order valence-corrected chi connectivity index (χ2v) is 7.37. The van der Waals surface area contributed by atoms with Crippen LogP contribution in [0.15, 0.2) is 35.3 Å². The number of halogens is 1. The summed E-state index contributed by atoms with van der Waals surface area (Å²) < 4.78 is 0. The number of rotatable bonds is 8. The summed E-state index contributed by atoms with van der Waals surface area (Å²) in [5.74, 6) is 0.948. The third-order valence-electron chi connectivity index (χ3n) is 5.04. The highest BCUT2D eigenvalue weighted by Gasteiger charge is 2.20. The van der Waals surface area contributed by atoms with E-state index in [2.05, 4.69) is 78.7 Å². The first-order valence-corrected chi connectivity index (χ1v) is 10.1. The molecule has 0 aliphatic carbocycles. The van der Waals surface area contributed by atoms with E-state index >= 15 is 0 Å². The molecule has 1 aliphatic rings. The summed E-state index contributed by atoms with van der Waals surface area (Å²) >= 11 is 0. The molecule has 0 spiro atoms. The molecule has 1 aliphatic heterocycles. The Bertz CT molecular complexity index is 527. The van der Waals surface area contributed by atoms with Gasteiger partial charge in [-0.3, -0.25) is 4.99 Å². The summed E-state index contributed by atoms with van der Waals surface area (Å²) in [4.78, 5) is 9.71. The van der Waals surface area contributed by atoms with Gasteiger partial charge in [0, 0.05) is 25.7 Å². The maximum absolute atomic E-state index is 4.90. The van der Waals surface area contributed by atoms with Gasteiger partial charge in [-0.2, -0.15) is 0 Å². The highest BCUT2D eigenvalue weighted by Crippen LogP contribution is 2.18. The minimum Gasteiger partial charge on any atom is -0.357 e. The van der Waals surface area contributed by atoms with Crippen LogP contribution >= 0.6 is 24.0 Å². The summed E-state index contributed by atoms with van der Waals surface area (Å²) in [7, 11) is 4.24.